The molecule has 4 heterocycles. The summed E-state index contributed by atoms with van der Waals surface area (Å²) >= 11 is 0. The molecule has 0 saturated carbocycles. The van der Waals surface area contributed by atoms with Gasteiger partial charge in [0.15, 0.2) is 11.6 Å². The van der Waals surface area contributed by atoms with E-state index in [9.17, 15) is 9.59 Å². The second kappa shape index (κ2) is 12.1. The van der Waals surface area contributed by atoms with Crippen LogP contribution in [-0.4, -0.2) is 83.6 Å². The second-order valence-corrected chi connectivity index (χ2v) is 10.9. The maximum atomic E-state index is 12.5. The molecule has 5 rings (SSSR count). The average Bonchev–Trinajstić information content (AvgIpc) is 3.37. The van der Waals surface area contributed by atoms with Crippen LogP contribution < -0.4 is 20.9 Å². The van der Waals surface area contributed by atoms with Crippen molar-refractivity contribution < 1.29 is 18.8 Å². The summed E-state index contributed by atoms with van der Waals surface area (Å²) in [5, 5.41) is 13.1. The van der Waals surface area contributed by atoms with Gasteiger partial charge < -0.3 is 35.0 Å². The van der Waals surface area contributed by atoms with Gasteiger partial charge in [-0.1, -0.05) is 5.16 Å². The summed E-state index contributed by atoms with van der Waals surface area (Å²) in [5.41, 5.74) is 3.58. The lowest BCUT2D eigenvalue weighted by atomic mass is 9.93. The van der Waals surface area contributed by atoms with Crippen LogP contribution in [0.5, 0.6) is 0 Å². The van der Waals surface area contributed by atoms with Crippen molar-refractivity contribution in [1.29, 1.82) is 0 Å². The van der Waals surface area contributed by atoms with Crippen molar-refractivity contribution in [2.45, 2.75) is 58.5 Å². The Kier molecular flexibility index (Phi) is 8.34. The first-order chi connectivity index (χ1) is 19.3. The summed E-state index contributed by atoms with van der Waals surface area (Å²) < 4.78 is 11.5. The molecular formula is C28H38N8O4. The van der Waals surface area contributed by atoms with Crippen molar-refractivity contribution in [2.75, 3.05) is 49.6 Å². The highest BCUT2D eigenvalue weighted by molar-refractivity contribution is 5.90. The van der Waals surface area contributed by atoms with Crippen LogP contribution in [0.15, 0.2) is 28.8 Å². The largest absolute Gasteiger partial charge is 0.378 e. The molecule has 2 aromatic heterocycles. The Labute approximate surface area is 233 Å². The third-order valence-electron chi connectivity index (χ3n) is 7.04. The molecule has 1 aromatic carbocycles. The number of benzene rings is 1. The number of urea groups is 2. The van der Waals surface area contributed by atoms with E-state index in [1.54, 1.807) is 0 Å². The lowest BCUT2D eigenvalue weighted by Gasteiger charge is -2.31. The quantitative estimate of drug-likeness (QED) is 0.420. The minimum atomic E-state index is -0.253. The zero-order valence-corrected chi connectivity index (χ0v) is 23.6. The minimum Gasteiger partial charge on any atom is -0.378 e. The number of likely N-dealkylation sites (tertiary alicyclic amines) is 1. The molecule has 0 unspecified atom stereocenters. The van der Waals surface area contributed by atoms with Gasteiger partial charge >= 0.3 is 12.1 Å². The highest BCUT2D eigenvalue weighted by Crippen LogP contribution is 2.36. The molecule has 3 aromatic rings. The Morgan fingerprint density at radius 3 is 2.25 bits per heavy atom. The monoisotopic (exact) mass is 550 g/mol. The second-order valence-electron chi connectivity index (χ2n) is 10.9. The van der Waals surface area contributed by atoms with E-state index < -0.39 is 0 Å². The number of nitrogens with zero attached hydrogens (tertiary/aromatic N) is 5. The number of ether oxygens (including phenoxy) is 1. The average molecular weight is 551 g/mol. The number of amides is 4. The molecule has 0 bridgehead atoms. The summed E-state index contributed by atoms with van der Waals surface area (Å²) in [6.45, 7) is 11.6. The fraction of sp³-hybridized carbons (Fsp3) is 0.536. The molecule has 2 saturated heterocycles. The van der Waals surface area contributed by atoms with Gasteiger partial charge in [-0.05, 0) is 64.8 Å². The highest BCUT2D eigenvalue weighted by atomic mass is 16.5. The Morgan fingerprint density at radius 1 is 0.925 bits per heavy atom. The molecule has 12 heteroatoms. The fourth-order valence-electron chi connectivity index (χ4n) is 5.05. The molecule has 2 aliphatic rings. The molecule has 0 atom stereocenters. The zero-order chi connectivity index (χ0) is 28.2. The molecule has 0 radical (unpaired) electrons. The van der Waals surface area contributed by atoms with Crippen LogP contribution in [0.25, 0.3) is 22.5 Å². The van der Waals surface area contributed by atoms with E-state index in [2.05, 4.69) is 26.0 Å². The van der Waals surface area contributed by atoms with E-state index in [1.165, 1.54) is 0 Å². The van der Waals surface area contributed by atoms with Gasteiger partial charge in [-0.3, -0.25) is 0 Å². The van der Waals surface area contributed by atoms with Gasteiger partial charge in [0, 0.05) is 55.4 Å². The molecule has 0 aliphatic carbocycles. The Hall–Kier alpha value is -3.93. The number of nitrogens with one attached hydrogen (secondary N) is 3. The maximum absolute atomic E-state index is 12.5. The number of hydrogen-bond donors (Lipinski definition) is 3. The molecule has 40 heavy (non-hydrogen) atoms. The van der Waals surface area contributed by atoms with Crippen molar-refractivity contribution in [1.82, 2.24) is 30.7 Å². The third kappa shape index (κ3) is 6.27. The molecule has 0 spiro atoms. The zero-order valence-electron chi connectivity index (χ0n) is 23.6. The van der Waals surface area contributed by atoms with Gasteiger partial charge in [-0.2, -0.15) is 0 Å². The first kappa shape index (κ1) is 27.6. The smallest absolute Gasteiger partial charge is 0.319 e. The number of anilines is 2. The molecule has 214 valence electrons. The lowest BCUT2D eigenvalue weighted by molar-refractivity contribution is 0.122. The SMILES string of the molecule is CC(C)NC(=O)Nc1ccc(-c2nc(N3CCOCC3)c3onc(C4CCN(C(=O)NC(C)C)CC4)c3n2)cc1. The van der Waals surface area contributed by atoms with Crippen LogP contribution in [0.4, 0.5) is 21.1 Å². The van der Waals surface area contributed by atoms with Gasteiger partial charge in [-0.25, -0.2) is 19.6 Å². The Balaban J connectivity index is 1.43. The molecule has 4 amide bonds. The van der Waals surface area contributed by atoms with Crippen molar-refractivity contribution >= 4 is 34.7 Å². The topological polar surface area (TPSA) is 138 Å². The molecule has 2 fully saturated rings. The van der Waals surface area contributed by atoms with Gasteiger partial charge in [0.25, 0.3) is 0 Å². The first-order valence-corrected chi connectivity index (χ1v) is 14.0. The maximum Gasteiger partial charge on any atom is 0.319 e. The molecule has 2 aliphatic heterocycles. The van der Waals surface area contributed by atoms with E-state index in [4.69, 9.17) is 19.2 Å². The van der Waals surface area contributed by atoms with E-state index in [-0.39, 0.29) is 30.1 Å². The van der Waals surface area contributed by atoms with Crippen LogP contribution in [0, 0.1) is 0 Å². The lowest BCUT2D eigenvalue weighted by Crippen LogP contribution is -2.46. The van der Waals surface area contributed by atoms with E-state index in [1.807, 2.05) is 56.9 Å². The summed E-state index contributed by atoms with van der Waals surface area (Å²) in [4.78, 5) is 38.4. The van der Waals surface area contributed by atoms with Gasteiger partial charge in [0.2, 0.25) is 5.58 Å². The van der Waals surface area contributed by atoms with Crippen molar-refractivity contribution in [3.63, 3.8) is 0 Å². The van der Waals surface area contributed by atoms with Gasteiger partial charge in [0.05, 0.1) is 13.2 Å². The Bertz CT molecular complexity index is 1330. The third-order valence-corrected chi connectivity index (χ3v) is 7.04. The first-order valence-electron chi connectivity index (χ1n) is 14.0. The van der Waals surface area contributed by atoms with Crippen LogP contribution >= 0.6 is 0 Å². The molecule has 12 nitrogen and oxygen atoms in total. The van der Waals surface area contributed by atoms with E-state index in [0.717, 1.165) is 24.1 Å². The Morgan fingerprint density at radius 2 is 1.60 bits per heavy atom. The normalized spacial score (nSPS) is 16.6. The number of hydrogen-bond acceptors (Lipinski definition) is 8. The highest BCUT2D eigenvalue weighted by Gasteiger charge is 2.30. The van der Waals surface area contributed by atoms with Crippen LogP contribution in [-0.2, 0) is 4.74 Å². The van der Waals surface area contributed by atoms with E-state index in [0.29, 0.717) is 67.8 Å². The number of morpholine rings is 1. The number of fused-ring (bicyclic) bond motifs is 1. The van der Waals surface area contributed by atoms with Gasteiger partial charge in [-0.15, -0.1) is 0 Å². The summed E-state index contributed by atoms with van der Waals surface area (Å²) in [6, 6.07) is 7.32. The predicted octanol–water partition coefficient (Wildman–Crippen LogP) is 3.95. The number of aromatic nitrogens is 3. The minimum absolute atomic E-state index is 0.0303. The summed E-state index contributed by atoms with van der Waals surface area (Å²) in [5.74, 6) is 1.38. The number of carbonyl (C=O) groups excluding carboxylic acids is 2. The van der Waals surface area contributed by atoms with Crippen LogP contribution in [0.3, 0.4) is 0 Å². The molecular weight excluding hydrogens is 512 g/mol. The fourth-order valence-corrected chi connectivity index (χ4v) is 5.05. The van der Waals surface area contributed by atoms with E-state index >= 15 is 0 Å². The summed E-state index contributed by atoms with van der Waals surface area (Å²) in [6.07, 6.45) is 1.55. The standard InChI is InChI=1S/C28H38N8O4/c1-17(2)29-27(37)31-21-7-5-20(6-8-21)25-32-23-22(19-9-11-36(12-10-19)28(38)30-18(3)4)34-40-24(23)26(33-25)35-13-15-39-16-14-35/h5-8,17-19H,9-16H2,1-4H3,(H,30,38)(H2,29,31,37). The van der Waals surface area contributed by atoms with Crippen molar-refractivity contribution in [3.8, 4) is 11.4 Å². The number of piperidine rings is 1. The van der Waals surface area contributed by atoms with Crippen LogP contribution in [0.2, 0.25) is 0 Å². The van der Waals surface area contributed by atoms with Crippen molar-refractivity contribution in [3.05, 3.63) is 30.0 Å². The summed E-state index contributed by atoms with van der Waals surface area (Å²) in [7, 11) is 0. The number of rotatable bonds is 6. The van der Waals surface area contributed by atoms with Gasteiger partial charge in [0.1, 0.15) is 11.2 Å². The van der Waals surface area contributed by atoms with Crippen LogP contribution in [0.1, 0.15) is 52.1 Å². The number of carbonyl (C=O) groups is 2. The van der Waals surface area contributed by atoms with Crippen molar-refractivity contribution in [2.24, 2.45) is 0 Å². The molecule has 3 N–H and O–H groups in total. The predicted molar refractivity (Wildman–Crippen MR) is 153 cm³/mol.